The fraction of sp³-hybridized carbons (Fsp3) is 0.381. The molecule has 182 valence electrons. The summed E-state index contributed by atoms with van der Waals surface area (Å²) >= 11 is 1.08. The zero-order valence-corrected chi connectivity index (χ0v) is 18.1. The predicted octanol–water partition coefficient (Wildman–Crippen LogP) is 4.63. The van der Waals surface area contributed by atoms with Crippen molar-refractivity contribution in [2.24, 2.45) is 16.6 Å². The number of hydrogen-bond acceptors (Lipinski definition) is 6. The van der Waals surface area contributed by atoms with Crippen LogP contribution in [0.2, 0.25) is 0 Å². The van der Waals surface area contributed by atoms with Crippen molar-refractivity contribution in [2.75, 3.05) is 17.7 Å². The van der Waals surface area contributed by atoms with Crippen molar-refractivity contribution in [1.29, 1.82) is 0 Å². The molecule has 2 aliphatic heterocycles. The van der Waals surface area contributed by atoms with Crippen molar-refractivity contribution in [3.8, 4) is 0 Å². The summed E-state index contributed by atoms with van der Waals surface area (Å²) in [4.78, 5) is 20.5. The molecule has 3 atom stereocenters. The quantitative estimate of drug-likeness (QED) is 0.593. The van der Waals surface area contributed by atoms with Crippen molar-refractivity contribution >= 4 is 28.5 Å². The number of aromatic nitrogens is 1. The average molecular weight is 504 g/mol. The highest BCUT2D eigenvalue weighted by Crippen LogP contribution is 2.49. The maximum atomic E-state index is 15.0. The van der Waals surface area contributed by atoms with Gasteiger partial charge in [0.25, 0.3) is 12.3 Å². The van der Waals surface area contributed by atoms with Crippen LogP contribution in [0.3, 0.4) is 0 Å². The first-order valence-corrected chi connectivity index (χ1v) is 11.0. The Hall–Kier alpha value is -2.80. The van der Waals surface area contributed by atoms with Crippen molar-refractivity contribution in [3.63, 3.8) is 0 Å². The summed E-state index contributed by atoms with van der Waals surface area (Å²) in [6.45, 7) is -0.548. The van der Waals surface area contributed by atoms with Crippen molar-refractivity contribution in [2.45, 2.75) is 30.7 Å². The second-order valence-electron chi connectivity index (χ2n) is 7.89. The SMILES string of the molecule is NC1=NC2(c3cc(NC(=O)c4ccc(C(F)F)cn4)ccc3F)COC(C(F)(F)F)CC2CS1. The lowest BCUT2D eigenvalue weighted by atomic mass is 9.74. The Labute approximate surface area is 194 Å². The summed E-state index contributed by atoms with van der Waals surface area (Å²) in [7, 11) is 0. The molecule has 13 heteroatoms. The topological polar surface area (TPSA) is 89.6 Å². The number of benzene rings is 1. The normalized spacial score (nSPS) is 25.0. The Kier molecular flexibility index (Phi) is 6.51. The first kappa shape index (κ1) is 24.3. The van der Waals surface area contributed by atoms with E-state index in [0.717, 1.165) is 36.2 Å². The minimum absolute atomic E-state index is 0.0693. The van der Waals surface area contributed by atoms with Gasteiger partial charge in [0.05, 0.1) is 6.61 Å². The third kappa shape index (κ3) is 4.71. The number of nitrogens with zero attached hydrogens (tertiary/aromatic N) is 2. The van der Waals surface area contributed by atoms with Crippen LogP contribution in [0.25, 0.3) is 0 Å². The van der Waals surface area contributed by atoms with Crippen molar-refractivity contribution in [1.82, 2.24) is 4.98 Å². The van der Waals surface area contributed by atoms with E-state index in [1.165, 1.54) is 12.1 Å². The number of nitrogens with two attached hydrogens (primary N) is 1. The average Bonchev–Trinajstić information content (AvgIpc) is 2.79. The van der Waals surface area contributed by atoms with Crippen LogP contribution in [0.15, 0.2) is 41.5 Å². The molecule has 0 spiro atoms. The fourth-order valence-electron chi connectivity index (χ4n) is 4.00. The van der Waals surface area contributed by atoms with Gasteiger partial charge in [0.2, 0.25) is 0 Å². The highest BCUT2D eigenvalue weighted by atomic mass is 32.2. The van der Waals surface area contributed by atoms with Crippen LogP contribution < -0.4 is 11.1 Å². The van der Waals surface area contributed by atoms with Crippen molar-refractivity contribution in [3.05, 3.63) is 59.2 Å². The molecule has 0 bridgehead atoms. The number of aliphatic imine (C=N–C) groups is 1. The van der Waals surface area contributed by atoms with Crippen LogP contribution >= 0.6 is 11.8 Å². The van der Waals surface area contributed by atoms with E-state index in [0.29, 0.717) is 0 Å². The molecule has 4 rings (SSSR count). The number of fused-ring (bicyclic) bond motifs is 1. The standard InChI is InChI=1S/C21H18F6N4O2S/c22-14-3-2-12(30-18(32)15-4-1-10(7-29-15)17(23)24)6-13(14)20-9-33-16(21(25,26)27)5-11(20)8-34-19(28)31-20/h1-4,6-7,11,16-17H,5,8-9H2,(H2,28,31)(H,30,32). The number of amides is 1. The number of halogens is 6. The van der Waals surface area contributed by atoms with E-state index in [-0.39, 0.29) is 33.4 Å². The minimum atomic E-state index is -4.58. The Morgan fingerprint density at radius 2 is 2.03 bits per heavy atom. The largest absolute Gasteiger partial charge is 0.414 e. The maximum absolute atomic E-state index is 15.0. The molecule has 0 radical (unpaired) electrons. The van der Waals surface area contributed by atoms with E-state index in [2.05, 4.69) is 15.3 Å². The van der Waals surface area contributed by atoms with E-state index in [9.17, 15) is 31.1 Å². The minimum Gasteiger partial charge on any atom is -0.379 e. The van der Waals surface area contributed by atoms with Crippen molar-refractivity contribution < 1.29 is 35.9 Å². The number of nitrogens with one attached hydrogen (secondary N) is 1. The molecule has 1 aromatic heterocycles. The molecule has 2 aromatic rings. The zero-order chi connectivity index (χ0) is 24.7. The number of thioether (sulfide) groups is 1. The summed E-state index contributed by atoms with van der Waals surface area (Å²) in [5.74, 6) is -2.04. The van der Waals surface area contributed by atoms with Crippen LogP contribution in [0, 0.1) is 11.7 Å². The second kappa shape index (κ2) is 9.10. The Bertz CT molecular complexity index is 1110. The number of hydrogen-bond donors (Lipinski definition) is 2. The number of alkyl halides is 5. The summed E-state index contributed by atoms with van der Waals surface area (Å²) in [6, 6.07) is 5.74. The summed E-state index contributed by atoms with van der Waals surface area (Å²) < 4.78 is 85.2. The first-order chi connectivity index (χ1) is 16.0. The molecule has 1 saturated heterocycles. The number of anilines is 1. The molecule has 0 saturated carbocycles. The molecule has 6 nitrogen and oxygen atoms in total. The molecule has 3 N–H and O–H groups in total. The van der Waals surface area contributed by atoms with Crippen LogP contribution in [0.1, 0.15) is 34.5 Å². The van der Waals surface area contributed by atoms with E-state index in [4.69, 9.17) is 10.5 Å². The third-order valence-corrected chi connectivity index (χ3v) is 6.70. The molecular formula is C21H18F6N4O2S. The molecular weight excluding hydrogens is 486 g/mol. The third-order valence-electron chi connectivity index (χ3n) is 5.75. The highest BCUT2D eigenvalue weighted by Gasteiger charge is 2.55. The Morgan fingerprint density at radius 3 is 2.68 bits per heavy atom. The van der Waals surface area contributed by atoms with Gasteiger partial charge in [-0.15, -0.1) is 0 Å². The molecule has 3 unspecified atom stereocenters. The Balaban J connectivity index is 1.64. The number of amidine groups is 1. The molecule has 3 heterocycles. The number of ether oxygens (including phenoxy) is 1. The van der Waals surface area contributed by atoms with Crippen LogP contribution in [0.4, 0.5) is 32.0 Å². The van der Waals surface area contributed by atoms with Crippen LogP contribution in [-0.2, 0) is 10.3 Å². The smallest absolute Gasteiger partial charge is 0.379 e. The molecule has 1 fully saturated rings. The van der Waals surface area contributed by atoms with Gasteiger partial charge in [-0.25, -0.2) is 18.2 Å². The lowest BCUT2D eigenvalue weighted by molar-refractivity contribution is -0.245. The van der Waals surface area contributed by atoms with E-state index in [1.807, 2.05) is 0 Å². The van der Waals surface area contributed by atoms with Gasteiger partial charge in [-0.2, -0.15) is 13.2 Å². The summed E-state index contributed by atoms with van der Waals surface area (Å²) in [5.41, 5.74) is 3.87. The lowest BCUT2D eigenvalue weighted by Crippen LogP contribution is -2.53. The van der Waals surface area contributed by atoms with Crippen LogP contribution in [0.5, 0.6) is 0 Å². The van der Waals surface area contributed by atoms with Gasteiger partial charge in [0.1, 0.15) is 17.1 Å². The number of rotatable bonds is 4. The highest BCUT2D eigenvalue weighted by molar-refractivity contribution is 8.13. The van der Waals surface area contributed by atoms with Gasteiger partial charge >= 0.3 is 6.18 Å². The molecule has 2 aliphatic rings. The summed E-state index contributed by atoms with van der Waals surface area (Å²) in [6.07, 6.45) is -8.89. The zero-order valence-electron chi connectivity index (χ0n) is 17.3. The molecule has 1 aromatic carbocycles. The number of carbonyl (C=O) groups excluding carboxylic acids is 1. The lowest BCUT2D eigenvalue weighted by Gasteiger charge is -2.46. The monoisotopic (exact) mass is 504 g/mol. The van der Waals surface area contributed by atoms with Gasteiger partial charge in [-0.3, -0.25) is 9.78 Å². The molecule has 34 heavy (non-hydrogen) atoms. The van der Waals surface area contributed by atoms with E-state index in [1.54, 1.807) is 0 Å². The predicted molar refractivity (Wildman–Crippen MR) is 113 cm³/mol. The second-order valence-corrected chi connectivity index (χ2v) is 8.93. The van der Waals surface area contributed by atoms with Gasteiger partial charge in [-0.05, 0) is 36.8 Å². The van der Waals surface area contributed by atoms with Crippen LogP contribution in [-0.4, -0.2) is 40.7 Å². The van der Waals surface area contributed by atoms with Gasteiger partial charge < -0.3 is 15.8 Å². The molecule has 0 aliphatic carbocycles. The molecule has 1 amide bonds. The van der Waals surface area contributed by atoms with Gasteiger partial charge in [0, 0.05) is 34.7 Å². The van der Waals surface area contributed by atoms with Gasteiger partial charge in [-0.1, -0.05) is 11.8 Å². The Morgan fingerprint density at radius 1 is 1.26 bits per heavy atom. The number of pyridine rings is 1. The van der Waals surface area contributed by atoms with Gasteiger partial charge in [0.15, 0.2) is 11.3 Å². The number of carbonyl (C=O) groups is 1. The van der Waals surface area contributed by atoms with E-state index < -0.39 is 54.9 Å². The fourth-order valence-corrected chi connectivity index (χ4v) is 5.01. The summed E-state index contributed by atoms with van der Waals surface area (Å²) in [5, 5.41) is 2.57. The van der Waals surface area contributed by atoms with E-state index >= 15 is 0 Å². The first-order valence-electron chi connectivity index (χ1n) is 10.0. The maximum Gasteiger partial charge on any atom is 0.414 e.